The minimum Gasteiger partial charge on any atom is -0.443 e. The topological polar surface area (TPSA) is 356 Å². The standard InChI is InChI=1S/C70H91N9O15S3/c1-68(2,3)92-65(83)77(95(86,87)55-25-13-10-14-26-55)58(31-19-22-46-71)62(80)74-52-40-34-49(35-41-52)61(50-36-42-53(43-37-50)75-63(81)59(32-20-23-47-72)78(66(84)93-69(4,5)6)96(88,89)56-27-15-11-16-28-56)51-38-44-54(45-39-51)76-64(82)60(33-21-24-48-73)79(67(85)94-70(7,8)9)97(90,91)57-29-17-12-18-30-57/h10-18,25-30,34-45,58-61H,19-24,31-33,46-48,71-73H2,1-9H3,(H,74,80)(H,75,81)(H,76,82)/t58-,59-,60-/m1/s1. The highest BCUT2D eigenvalue weighted by molar-refractivity contribution is 7.90. The van der Waals surface area contributed by atoms with E-state index in [2.05, 4.69) is 16.0 Å². The normalized spacial score (nSPS) is 13.1. The van der Waals surface area contributed by atoms with Crippen molar-refractivity contribution < 1.29 is 68.2 Å². The molecule has 27 heteroatoms. The molecule has 3 atom stereocenters. The van der Waals surface area contributed by atoms with Crippen LogP contribution in [0.1, 0.15) is 143 Å². The molecule has 0 heterocycles. The largest absolute Gasteiger partial charge is 0.443 e. The van der Waals surface area contributed by atoms with Crippen LogP contribution in [-0.4, -0.2) is 129 Å². The van der Waals surface area contributed by atoms with Gasteiger partial charge in [-0.3, -0.25) is 14.4 Å². The number of carbonyl (C=O) groups is 6. The predicted octanol–water partition coefficient (Wildman–Crippen LogP) is 11.1. The summed E-state index contributed by atoms with van der Waals surface area (Å²) < 4.78 is 105. The molecule has 0 saturated heterocycles. The Morgan fingerprint density at radius 3 is 0.763 bits per heavy atom. The van der Waals surface area contributed by atoms with Crippen LogP contribution in [0.3, 0.4) is 0 Å². The molecule has 0 radical (unpaired) electrons. The van der Waals surface area contributed by atoms with E-state index in [4.69, 9.17) is 31.4 Å². The summed E-state index contributed by atoms with van der Waals surface area (Å²) in [6.07, 6.45) is -2.16. The zero-order chi connectivity index (χ0) is 71.5. The number of amides is 6. The van der Waals surface area contributed by atoms with E-state index in [1.54, 1.807) is 153 Å². The molecule has 0 spiro atoms. The van der Waals surface area contributed by atoms with E-state index in [1.807, 2.05) is 0 Å². The van der Waals surface area contributed by atoms with Crippen molar-refractivity contribution in [3.63, 3.8) is 0 Å². The highest BCUT2D eigenvalue weighted by Gasteiger charge is 2.45. The molecule has 524 valence electrons. The number of sulfonamides is 3. The molecule has 0 aromatic heterocycles. The number of hydrogen-bond donors (Lipinski definition) is 6. The Kier molecular flexibility index (Phi) is 27.1. The van der Waals surface area contributed by atoms with Crippen LogP contribution in [0, 0.1) is 0 Å². The lowest BCUT2D eigenvalue weighted by Gasteiger charge is -2.32. The molecule has 6 amide bonds. The van der Waals surface area contributed by atoms with Crippen molar-refractivity contribution in [2.75, 3.05) is 35.6 Å². The second kappa shape index (κ2) is 34.0. The lowest BCUT2D eigenvalue weighted by atomic mass is 9.85. The second-order valence-electron chi connectivity index (χ2n) is 26.0. The predicted molar refractivity (Wildman–Crippen MR) is 371 cm³/mol. The highest BCUT2D eigenvalue weighted by atomic mass is 32.2. The second-order valence-corrected chi connectivity index (χ2v) is 31.4. The average molecular weight is 1390 g/mol. The maximum absolute atomic E-state index is 14.6. The Morgan fingerprint density at radius 1 is 0.351 bits per heavy atom. The number of ether oxygens (including phenoxy) is 3. The first-order chi connectivity index (χ1) is 45.6. The fourth-order valence-corrected chi connectivity index (χ4v) is 14.8. The van der Waals surface area contributed by atoms with E-state index in [0.29, 0.717) is 48.9 Å². The van der Waals surface area contributed by atoms with Gasteiger partial charge in [0, 0.05) is 23.0 Å². The maximum Gasteiger partial charge on any atom is 0.425 e. The van der Waals surface area contributed by atoms with Crippen LogP contribution >= 0.6 is 0 Å². The van der Waals surface area contributed by atoms with Gasteiger partial charge in [-0.25, -0.2) is 39.6 Å². The first-order valence-corrected chi connectivity index (χ1v) is 36.3. The first-order valence-electron chi connectivity index (χ1n) is 31.9. The summed E-state index contributed by atoms with van der Waals surface area (Å²) in [5.74, 6) is -3.23. The third kappa shape index (κ3) is 21.6. The van der Waals surface area contributed by atoms with Crippen LogP contribution in [-0.2, 0) is 58.7 Å². The van der Waals surface area contributed by atoms with Gasteiger partial charge in [0.25, 0.3) is 30.1 Å². The molecular weight excluding hydrogens is 1300 g/mol. The number of rotatable bonds is 30. The molecule has 24 nitrogen and oxygen atoms in total. The molecule has 6 aromatic rings. The van der Waals surface area contributed by atoms with Gasteiger partial charge in [0.2, 0.25) is 17.7 Å². The Morgan fingerprint density at radius 2 is 0.567 bits per heavy atom. The van der Waals surface area contributed by atoms with E-state index in [1.165, 1.54) is 72.8 Å². The van der Waals surface area contributed by atoms with Gasteiger partial charge in [-0.05, 0) is 229 Å². The van der Waals surface area contributed by atoms with Crippen LogP contribution in [0.2, 0.25) is 0 Å². The van der Waals surface area contributed by atoms with Gasteiger partial charge in [-0.2, -0.15) is 12.9 Å². The minimum atomic E-state index is -4.70. The lowest BCUT2D eigenvalue weighted by molar-refractivity contribution is -0.120. The number of nitrogens with one attached hydrogen (secondary N) is 3. The van der Waals surface area contributed by atoms with Crippen molar-refractivity contribution in [2.24, 2.45) is 17.2 Å². The molecule has 6 rings (SSSR count). The third-order valence-electron chi connectivity index (χ3n) is 14.7. The SMILES string of the molecule is CC(C)(C)OC(=O)N([C@H](CCCCN)C(=O)Nc1ccc(C(c2ccc(NC(=O)[C@@H](CCCCN)N(C(=O)OC(C)(C)C)S(=O)(=O)c3ccccc3)cc2)c2ccc(NC(=O)[C@@H](CCCCN)N(C(=O)OC(C)(C)C)S(=O)(=O)c3ccccc3)cc2)cc1)S(=O)(=O)c1ccccc1. The van der Waals surface area contributed by atoms with Crippen LogP contribution in [0.25, 0.3) is 0 Å². The number of nitrogens with zero attached hydrogens (tertiary/aromatic N) is 3. The summed E-state index contributed by atoms with van der Waals surface area (Å²) in [5.41, 5.74) is 16.5. The molecular formula is C70H91N9O15S3. The Hall–Kier alpha value is -8.73. The number of unbranched alkanes of at least 4 members (excludes halogenated alkanes) is 3. The quantitative estimate of drug-likeness (QED) is 0.0139. The van der Waals surface area contributed by atoms with Crippen molar-refractivity contribution in [3.8, 4) is 0 Å². The molecule has 0 bridgehead atoms. The van der Waals surface area contributed by atoms with Crippen molar-refractivity contribution in [1.29, 1.82) is 0 Å². The van der Waals surface area contributed by atoms with Gasteiger partial charge in [-0.15, -0.1) is 0 Å². The monoisotopic (exact) mass is 1390 g/mol. The molecule has 0 unspecified atom stereocenters. The first kappa shape index (κ1) is 77.3. The van der Waals surface area contributed by atoms with Crippen LogP contribution in [0.5, 0.6) is 0 Å². The molecule has 0 aliphatic rings. The zero-order valence-electron chi connectivity index (χ0n) is 56.3. The third-order valence-corrected chi connectivity index (χ3v) is 20.1. The Balaban J connectivity index is 1.43. The lowest BCUT2D eigenvalue weighted by Crippen LogP contribution is -2.51. The number of nitrogens with two attached hydrogens (primary N) is 3. The summed E-state index contributed by atoms with van der Waals surface area (Å²) in [6.45, 7) is 14.8. The number of carbonyl (C=O) groups excluding carboxylic acids is 6. The van der Waals surface area contributed by atoms with Crippen LogP contribution in [0.15, 0.2) is 178 Å². The summed E-state index contributed by atoms with van der Waals surface area (Å²) in [5, 5.41) is 8.43. The summed E-state index contributed by atoms with van der Waals surface area (Å²) in [7, 11) is -14.1. The zero-order valence-corrected chi connectivity index (χ0v) is 58.8. The summed E-state index contributed by atoms with van der Waals surface area (Å²) in [6, 6.07) is 36.5. The maximum atomic E-state index is 14.6. The van der Waals surface area contributed by atoms with Gasteiger partial charge < -0.3 is 47.4 Å². The Bertz CT molecular complexity index is 3550. The van der Waals surface area contributed by atoms with Gasteiger partial charge >= 0.3 is 18.3 Å². The summed E-state index contributed by atoms with van der Waals surface area (Å²) >= 11 is 0. The molecule has 6 aromatic carbocycles. The van der Waals surface area contributed by atoms with Gasteiger partial charge in [0.15, 0.2) is 0 Å². The minimum absolute atomic E-state index is 0.116. The van der Waals surface area contributed by atoms with Crippen LogP contribution in [0.4, 0.5) is 31.4 Å². The van der Waals surface area contributed by atoms with Crippen molar-refractivity contribution >= 4 is 83.1 Å². The molecule has 0 aliphatic heterocycles. The molecule has 0 aliphatic carbocycles. The number of hydrogen-bond acceptors (Lipinski definition) is 18. The van der Waals surface area contributed by atoms with Crippen molar-refractivity contribution in [1.82, 2.24) is 12.9 Å². The van der Waals surface area contributed by atoms with Crippen molar-refractivity contribution in [2.45, 2.75) is 176 Å². The molecule has 0 fully saturated rings. The molecule has 97 heavy (non-hydrogen) atoms. The van der Waals surface area contributed by atoms with Crippen molar-refractivity contribution in [3.05, 3.63) is 180 Å². The van der Waals surface area contributed by atoms with E-state index >= 15 is 0 Å². The van der Waals surface area contributed by atoms with E-state index in [0.717, 1.165) is 0 Å². The number of anilines is 3. The molecule has 0 saturated carbocycles. The van der Waals surface area contributed by atoms with Gasteiger partial charge in [0.1, 0.15) is 34.9 Å². The fraction of sp³-hybridized carbons (Fsp3) is 0.400. The summed E-state index contributed by atoms with van der Waals surface area (Å²) in [4.78, 5) is 85.3. The number of benzene rings is 6. The van der Waals surface area contributed by atoms with Gasteiger partial charge in [0.05, 0.1) is 14.7 Å². The molecule has 9 N–H and O–H groups in total. The van der Waals surface area contributed by atoms with E-state index < -0.39 is 107 Å². The smallest absolute Gasteiger partial charge is 0.425 e. The Labute approximate surface area is 570 Å². The fourth-order valence-electron chi connectivity index (χ4n) is 10.3. The van der Waals surface area contributed by atoms with E-state index in [-0.39, 0.29) is 89.9 Å². The van der Waals surface area contributed by atoms with Gasteiger partial charge in [-0.1, -0.05) is 91.0 Å². The highest BCUT2D eigenvalue weighted by Crippen LogP contribution is 2.36. The van der Waals surface area contributed by atoms with Crippen LogP contribution < -0.4 is 33.2 Å². The average Bonchev–Trinajstić information content (AvgIpc) is 0.787. The van der Waals surface area contributed by atoms with E-state index in [9.17, 15) is 54.0 Å².